The molecule has 28 heteroatoms. The van der Waals surface area contributed by atoms with Gasteiger partial charge in [0, 0.05) is 60.5 Å². The third-order valence-electron chi connectivity index (χ3n) is 13.6. The number of benzene rings is 7. The predicted molar refractivity (Wildman–Crippen MR) is 267 cm³/mol. The molecule has 1 aliphatic rings. The highest BCUT2D eigenvalue weighted by Crippen LogP contribution is 2.65. The van der Waals surface area contributed by atoms with Crippen LogP contribution in [0.4, 0.5) is 0 Å². The van der Waals surface area contributed by atoms with Crippen molar-refractivity contribution in [3.63, 3.8) is 0 Å². The Morgan fingerprint density at radius 2 is 0.643 bits per heavy atom. The Morgan fingerprint density at radius 3 is 1.27 bits per heavy atom. The van der Waals surface area contributed by atoms with E-state index in [-0.39, 0.29) is 27.3 Å². The van der Waals surface area contributed by atoms with Gasteiger partial charge in [-0.25, -0.2) is 9.97 Å². The van der Waals surface area contributed by atoms with Crippen LogP contribution in [0.1, 0.15) is 0 Å². The summed E-state index contributed by atoms with van der Waals surface area (Å²) in [5.41, 5.74) is -10.3. The van der Waals surface area contributed by atoms with Crippen molar-refractivity contribution in [2.24, 2.45) is 0 Å². The maximum atomic E-state index is 12.4. The molecule has 9 aromatic rings. The summed E-state index contributed by atoms with van der Waals surface area (Å²) in [7, 11) is 7.22. The summed E-state index contributed by atoms with van der Waals surface area (Å²) in [6, 6.07) is 0. The van der Waals surface area contributed by atoms with Gasteiger partial charge in [0.1, 0.15) is 92.1 Å². The number of nitrogens with zero attached hydrogens (tertiary/aromatic N) is 3. The van der Waals surface area contributed by atoms with Gasteiger partial charge in [0.05, 0.1) is 0 Å². The molecule has 0 atom stereocenters. The normalized spacial score (nSPS) is 12.0. The molecule has 0 spiro atoms. The monoisotopic (exact) mass is 947 g/mol. The molecule has 0 saturated heterocycles. The highest BCUT2D eigenvalue weighted by molar-refractivity contribution is 6.49. The van der Waals surface area contributed by atoms with E-state index in [2.05, 4.69) is 9.97 Å². The average molecular weight is 947 g/mol. The van der Waals surface area contributed by atoms with Gasteiger partial charge in [-0.1, -0.05) is 5.46 Å². The highest BCUT2D eigenvalue weighted by Gasteiger charge is 2.41. The largest absolute Gasteiger partial charge is 0.509 e. The van der Waals surface area contributed by atoms with Gasteiger partial charge >= 0.3 is 0 Å². The number of phenols is 19. The average Bonchev–Trinajstić information content (AvgIpc) is 3.61. The van der Waals surface area contributed by atoms with E-state index in [4.69, 9.17) is 0 Å². The van der Waals surface area contributed by atoms with Crippen molar-refractivity contribution in [3.05, 3.63) is 0 Å². The van der Waals surface area contributed by atoms with Crippen LogP contribution in [0.3, 0.4) is 0 Å². The standard InChI is InChI=1S/C42H31B6N3O19/c43-12-9(10-13(44)31(60)16(47)35(64)27(10)56)29(58)40(69)30(59)11(12)18-42(50-20-19(49-18)32(61)17(48)36(65)37(20)66)51-21-2-1-4(24(53)33(62)14(45)8(1)28(57)38(21)67)6-7(25(54)34(63)15(46)23(6)52)5-3(2)22(51)39(68)41(70)26(5)55/h52-70H,43-48H2. The minimum absolute atomic E-state index is 0.186. The lowest BCUT2D eigenvalue weighted by molar-refractivity contribution is 0.370. The molecule has 0 saturated carbocycles. The second-order valence-corrected chi connectivity index (χ2v) is 17.1. The molecule has 0 aliphatic heterocycles. The summed E-state index contributed by atoms with van der Waals surface area (Å²) >= 11 is 0. The number of fused-ring (bicyclic) bond motifs is 4. The van der Waals surface area contributed by atoms with Gasteiger partial charge in [-0.2, -0.15) is 0 Å². The van der Waals surface area contributed by atoms with Crippen molar-refractivity contribution >= 4 is 123 Å². The molecular formula is C42H31B6N3O19. The number of hydrogen-bond acceptors (Lipinski definition) is 21. The number of hydrogen-bond donors (Lipinski definition) is 19. The van der Waals surface area contributed by atoms with E-state index in [9.17, 15) is 97.0 Å². The quantitative estimate of drug-likeness (QED) is 0.0447. The predicted octanol–water partition coefficient (Wildman–Crippen LogP) is -5.18. The van der Waals surface area contributed by atoms with Crippen molar-refractivity contribution in [2.75, 3.05) is 0 Å². The van der Waals surface area contributed by atoms with E-state index in [1.165, 1.54) is 31.4 Å². The first-order chi connectivity index (χ1) is 32.7. The fourth-order valence-corrected chi connectivity index (χ4v) is 9.98. The molecule has 19 N–H and O–H groups in total. The lowest BCUT2D eigenvalue weighted by Gasteiger charge is -2.24. The van der Waals surface area contributed by atoms with Gasteiger partial charge in [0.25, 0.3) is 0 Å². The fourth-order valence-electron chi connectivity index (χ4n) is 9.98. The molecule has 2 aromatic heterocycles. The summed E-state index contributed by atoms with van der Waals surface area (Å²) < 4.78 is 0.694. The molecule has 0 fully saturated rings. The fraction of sp³-hybridized carbons (Fsp3) is 0. The Labute approximate surface area is 393 Å². The van der Waals surface area contributed by atoms with Crippen molar-refractivity contribution in [3.8, 4) is 160 Å². The molecule has 1 aliphatic carbocycles. The van der Waals surface area contributed by atoms with Crippen LogP contribution in [0.15, 0.2) is 0 Å². The maximum absolute atomic E-state index is 12.4. The van der Waals surface area contributed by atoms with E-state index in [0.717, 1.165) is 15.7 Å². The van der Waals surface area contributed by atoms with Gasteiger partial charge in [-0.05, 0) is 27.3 Å². The Morgan fingerprint density at radius 1 is 0.243 bits per heavy atom. The van der Waals surface area contributed by atoms with E-state index >= 15 is 0 Å². The van der Waals surface area contributed by atoms with Gasteiger partial charge < -0.3 is 97.0 Å². The Bertz CT molecular complexity index is 4060. The molecule has 0 unspecified atom stereocenters. The molecule has 10 rings (SSSR count). The van der Waals surface area contributed by atoms with E-state index in [1.807, 2.05) is 0 Å². The lowest BCUT2D eigenvalue weighted by Crippen LogP contribution is -2.22. The molecule has 2 heterocycles. The van der Waals surface area contributed by atoms with Crippen LogP contribution < -0.4 is 32.8 Å². The Hall–Kier alpha value is -9.47. The Balaban J connectivity index is 1.55. The zero-order chi connectivity index (χ0) is 51.2. The topological polar surface area (TPSA) is 415 Å². The second-order valence-electron chi connectivity index (χ2n) is 17.1. The van der Waals surface area contributed by atoms with Crippen molar-refractivity contribution in [1.82, 2.24) is 14.5 Å². The van der Waals surface area contributed by atoms with Gasteiger partial charge in [0.2, 0.25) is 11.5 Å². The van der Waals surface area contributed by atoms with Gasteiger partial charge in [-0.15, -0.1) is 0 Å². The molecule has 346 valence electrons. The number of rotatable bonds is 3. The summed E-state index contributed by atoms with van der Waals surface area (Å²) in [5, 5.41) is 218. The molecule has 0 bridgehead atoms. The van der Waals surface area contributed by atoms with E-state index in [0.29, 0.717) is 4.57 Å². The Kier molecular flexibility index (Phi) is 8.75. The number of aromatic hydroxyl groups is 19. The second kappa shape index (κ2) is 13.8. The third kappa shape index (κ3) is 4.91. The minimum Gasteiger partial charge on any atom is -0.509 e. The molecule has 0 amide bonds. The molecule has 0 radical (unpaired) electrons. The van der Waals surface area contributed by atoms with Crippen LogP contribution in [0.5, 0.6) is 109 Å². The smallest absolute Gasteiger partial charge is 0.203 e. The number of aromatic nitrogens is 3. The van der Waals surface area contributed by atoms with Crippen molar-refractivity contribution in [2.45, 2.75) is 0 Å². The maximum Gasteiger partial charge on any atom is 0.203 e. The van der Waals surface area contributed by atoms with E-state index in [1.54, 1.807) is 0 Å². The SMILES string of the molecule is Bc1c(O)c(B)c(-c2c(B)c(-c3nc4c(O)c(B)c(O)c(O)c4nc3-n3c4c(O)c(O)c(O)c5c4c4c6c(c(O)c(O)c(B)c6c(O)c(O)c43)-c3c(O)c(B)c(O)c(O)c3-5)c(O)c(O)c2O)c(O)c1O. The highest BCUT2D eigenvalue weighted by atomic mass is 16.3. The first-order valence-corrected chi connectivity index (χ1v) is 20.6. The summed E-state index contributed by atoms with van der Waals surface area (Å²) in [5.74, 6) is -21.1. The van der Waals surface area contributed by atoms with Gasteiger partial charge in [0.15, 0.2) is 86.3 Å². The van der Waals surface area contributed by atoms with Crippen LogP contribution in [-0.2, 0) is 0 Å². The van der Waals surface area contributed by atoms with Crippen LogP contribution in [0, 0.1) is 0 Å². The zero-order valence-corrected chi connectivity index (χ0v) is 36.8. The first kappa shape index (κ1) is 44.4. The lowest BCUT2D eigenvalue weighted by atomic mass is 9.74. The zero-order valence-electron chi connectivity index (χ0n) is 36.8. The molecular weight excluding hydrogens is 915 g/mol. The van der Waals surface area contributed by atoms with E-state index < -0.39 is 209 Å². The summed E-state index contributed by atoms with van der Waals surface area (Å²) in [4.78, 5) is 9.04. The van der Waals surface area contributed by atoms with Crippen molar-refractivity contribution in [1.29, 1.82) is 0 Å². The van der Waals surface area contributed by atoms with Crippen LogP contribution >= 0.6 is 0 Å². The molecule has 7 aromatic carbocycles. The summed E-state index contributed by atoms with van der Waals surface area (Å²) in [6.07, 6.45) is 0. The number of phenolic OH excluding ortho intramolecular Hbond substituents is 19. The molecule has 22 nitrogen and oxygen atoms in total. The third-order valence-corrected chi connectivity index (χ3v) is 13.6. The van der Waals surface area contributed by atoms with Gasteiger partial charge in [-0.3, -0.25) is 4.57 Å². The minimum atomic E-state index is -1.41. The van der Waals surface area contributed by atoms with Crippen LogP contribution in [-0.4, -0.2) is 159 Å². The van der Waals surface area contributed by atoms with Crippen LogP contribution in [0.2, 0.25) is 0 Å². The molecule has 70 heavy (non-hydrogen) atoms. The first-order valence-electron chi connectivity index (χ1n) is 20.6. The summed E-state index contributed by atoms with van der Waals surface area (Å²) in [6.45, 7) is 0. The van der Waals surface area contributed by atoms with Crippen molar-refractivity contribution < 1.29 is 97.0 Å². The van der Waals surface area contributed by atoms with Crippen LogP contribution in [0.25, 0.3) is 94.1 Å².